The Morgan fingerprint density at radius 1 is 1.20 bits per heavy atom. The number of nitrogens with zero attached hydrogens (tertiary/aromatic N) is 4. The van der Waals surface area contributed by atoms with E-state index in [2.05, 4.69) is 20.0 Å². The van der Waals surface area contributed by atoms with Gasteiger partial charge in [0.1, 0.15) is 18.1 Å². The summed E-state index contributed by atoms with van der Waals surface area (Å²) in [6.45, 7) is 4.78. The number of likely N-dealkylation sites (N-methyl/N-ethyl adjacent to an activating group) is 1. The summed E-state index contributed by atoms with van der Waals surface area (Å²) in [6.07, 6.45) is 4.07. The molecule has 220 valence electrons. The first-order chi connectivity index (χ1) is 19.4. The molecule has 2 aliphatic rings. The molecule has 3 aromatic rings. The van der Waals surface area contributed by atoms with E-state index in [0.29, 0.717) is 41.5 Å². The molecule has 11 nitrogen and oxygen atoms in total. The van der Waals surface area contributed by atoms with Gasteiger partial charge in [0.25, 0.3) is 0 Å². The third kappa shape index (κ3) is 5.11. The van der Waals surface area contributed by atoms with Crippen molar-refractivity contribution in [1.82, 2.24) is 19.6 Å². The first-order valence-corrected chi connectivity index (χ1v) is 14.8. The highest BCUT2D eigenvalue weighted by molar-refractivity contribution is 7.90. The summed E-state index contributed by atoms with van der Waals surface area (Å²) in [4.78, 5) is 23.8. The van der Waals surface area contributed by atoms with Gasteiger partial charge < -0.3 is 19.7 Å². The molecule has 13 heteroatoms. The lowest BCUT2D eigenvalue weighted by Crippen LogP contribution is -2.51. The van der Waals surface area contributed by atoms with Crippen LogP contribution in [0.2, 0.25) is 0 Å². The molecule has 1 aromatic carbocycles. The Balaban J connectivity index is 1.60. The van der Waals surface area contributed by atoms with Crippen molar-refractivity contribution in [3.63, 3.8) is 0 Å². The van der Waals surface area contributed by atoms with Gasteiger partial charge in [0.05, 0.1) is 28.9 Å². The third-order valence-electron chi connectivity index (χ3n) is 7.75. The summed E-state index contributed by atoms with van der Waals surface area (Å²) in [5, 5.41) is 3.88. The van der Waals surface area contributed by atoms with Crippen molar-refractivity contribution >= 4 is 38.4 Å². The highest BCUT2D eigenvalue weighted by atomic mass is 32.2. The number of hydrogen-bond donors (Lipinski definition) is 2. The Kier molecular flexibility index (Phi) is 7.66. The van der Waals surface area contributed by atoms with Crippen LogP contribution in [-0.2, 0) is 25.2 Å². The Labute approximate surface area is 239 Å². The fourth-order valence-electron chi connectivity index (χ4n) is 5.49. The van der Waals surface area contributed by atoms with Crippen molar-refractivity contribution < 1.29 is 27.1 Å². The van der Waals surface area contributed by atoms with Crippen LogP contribution in [0.15, 0.2) is 30.6 Å². The van der Waals surface area contributed by atoms with E-state index < -0.39 is 21.4 Å². The van der Waals surface area contributed by atoms with Gasteiger partial charge in [-0.2, -0.15) is 12.7 Å². The maximum absolute atomic E-state index is 15.6. The predicted molar refractivity (Wildman–Crippen MR) is 155 cm³/mol. The number of rotatable bonds is 10. The van der Waals surface area contributed by atoms with Crippen LogP contribution in [-0.4, -0.2) is 82.1 Å². The van der Waals surface area contributed by atoms with Crippen molar-refractivity contribution in [1.29, 1.82) is 0 Å². The number of hydrogen-bond acceptors (Lipinski definition) is 8. The van der Waals surface area contributed by atoms with E-state index in [1.807, 2.05) is 13.8 Å². The zero-order chi connectivity index (χ0) is 29.7. The normalized spacial score (nSPS) is 20.3. The summed E-state index contributed by atoms with van der Waals surface area (Å²) < 4.78 is 55.8. The number of ether oxygens (including phenoxy) is 2. The monoisotopic (exact) mass is 586 g/mol. The molecule has 1 amide bonds. The standard InChI is InChI=1S/C28H35FN6O5S/c1-16(2)30-7-8-40-26-23(33-41(37,38)34(3)4)9-17(14-32-26)19-10-20-22(11-21(19)29)31-15-24-25(20)28(27(36)35(24)5)12-18(13-28)39-6/h9-11,14-16,18,30,33H,7-8,12-13H2,1-6H3/t18-,28+. The van der Waals surface area contributed by atoms with E-state index in [4.69, 9.17) is 9.47 Å². The van der Waals surface area contributed by atoms with E-state index in [1.54, 1.807) is 31.3 Å². The van der Waals surface area contributed by atoms with Crippen LogP contribution < -0.4 is 19.7 Å². The minimum atomic E-state index is -3.91. The number of amides is 1. The first kappa shape index (κ1) is 29.1. The zero-order valence-corrected chi connectivity index (χ0v) is 24.8. The number of carbonyl (C=O) groups is 1. The zero-order valence-electron chi connectivity index (χ0n) is 24.0. The number of pyridine rings is 2. The molecule has 0 radical (unpaired) electrons. The molecular formula is C28H35FN6O5S. The van der Waals surface area contributed by atoms with Gasteiger partial charge in [-0.3, -0.25) is 14.5 Å². The minimum absolute atomic E-state index is 0.0310. The summed E-state index contributed by atoms with van der Waals surface area (Å²) in [5.74, 6) is -0.519. The van der Waals surface area contributed by atoms with Crippen molar-refractivity contribution in [3.8, 4) is 17.0 Å². The Hall–Kier alpha value is -3.39. The van der Waals surface area contributed by atoms with Gasteiger partial charge in [0.15, 0.2) is 0 Å². The van der Waals surface area contributed by atoms with Crippen molar-refractivity contribution in [2.45, 2.75) is 44.2 Å². The van der Waals surface area contributed by atoms with Crippen LogP contribution in [0.3, 0.4) is 0 Å². The summed E-state index contributed by atoms with van der Waals surface area (Å²) in [6, 6.07) is 4.75. The number of benzene rings is 1. The van der Waals surface area contributed by atoms with E-state index in [-0.39, 0.29) is 41.8 Å². The van der Waals surface area contributed by atoms with Crippen LogP contribution in [0.4, 0.5) is 15.8 Å². The maximum Gasteiger partial charge on any atom is 0.301 e. The molecule has 1 aliphatic carbocycles. The number of fused-ring (bicyclic) bond motifs is 4. The number of aromatic nitrogens is 2. The van der Waals surface area contributed by atoms with Crippen LogP contribution in [0, 0.1) is 5.82 Å². The highest BCUT2D eigenvalue weighted by Gasteiger charge is 2.58. The van der Waals surface area contributed by atoms with Gasteiger partial charge >= 0.3 is 10.2 Å². The fourth-order valence-corrected chi connectivity index (χ4v) is 6.10. The number of anilines is 2. The average Bonchev–Trinajstić information content (AvgIpc) is 3.12. The second-order valence-electron chi connectivity index (χ2n) is 11.0. The highest BCUT2D eigenvalue weighted by Crippen LogP contribution is 2.56. The molecule has 0 saturated heterocycles. The largest absolute Gasteiger partial charge is 0.475 e. The molecule has 41 heavy (non-hydrogen) atoms. The Morgan fingerprint density at radius 3 is 2.59 bits per heavy atom. The lowest BCUT2D eigenvalue weighted by molar-refractivity contribution is -0.131. The molecule has 0 unspecified atom stereocenters. The molecule has 1 saturated carbocycles. The topological polar surface area (TPSA) is 126 Å². The molecule has 0 bridgehead atoms. The fraction of sp³-hybridized carbons (Fsp3) is 0.464. The molecule has 1 fully saturated rings. The molecule has 0 atom stereocenters. The van der Waals surface area contributed by atoms with Crippen molar-refractivity contribution in [2.75, 3.05) is 51.0 Å². The molecule has 2 N–H and O–H groups in total. The quantitative estimate of drug-likeness (QED) is 0.347. The van der Waals surface area contributed by atoms with E-state index >= 15 is 4.39 Å². The average molecular weight is 587 g/mol. The lowest BCUT2D eigenvalue weighted by Gasteiger charge is -2.43. The predicted octanol–water partition coefficient (Wildman–Crippen LogP) is 3.05. The van der Waals surface area contributed by atoms with Gasteiger partial charge in [-0.15, -0.1) is 0 Å². The lowest BCUT2D eigenvalue weighted by atomic mass is 9.62. The van der Waals surface area contributed by atoms with Crippen molar-refractivity contribution in [3.05, 3.63) is 42.0 Å². The summed E-state index contributed by atoms with van der Waals surface area (Å²) in [5.41, 5.74) is 1.76. The third-order valence-corrected chi connectivity index (χ3v) is 9.19. The van der Waals surface area contributed by atoms with Crippen LogP contribution in [0.25, 0.3) is 22.0 Å². The van der Waals surface area contributed by atoms with E-state index in [9.17, 15) is 13.2 Å². The first-order valence-electron chi connectivity index (χ1n) is 13.4. The van der Waals surface area contributed by atoms with E-state index in [0.717, 1.165) is 9.87 Å². The van der Waals surface area contributed by atoms with Crippen molar-refractivity contribution in [2.24, 2.45) is 0 Å². The summed E-state index contributed by atoms with van der Waals surface area (Å²) >= 11 is 0. The second kappa shape index (κ2) is 10.8. The Bertz CT molecular complexity index is 1610. The van der Waals surface area contributed by atoms with Gasteiger partial charge in [-0.05, 0) is 25.0 Å². The summed E-state index contributed by atoms with van der Waals surface area (Å²) in [7, 11) is 2.22. The van der Waals surface area contributed by atoms with Gasteiger partial charge in [-0.1, -0.05) is 13.8 Å². The number of carbonyl (C=O) groups excluding carboxylic acids is 1. The second-order valence-corrected chi connectivity index (χ2v) is 12.9. The number of nitrogens with one attached hydrogen (secondary N) is 2. The van der Waals surface area contributed by atoms with E-state index in [1.165, 1.54) is 32.4 Å². The molecule has 1 aliphatic heterocycles. The molecule has 3 heterocycles. The van der Waals surface area contributed by atoms with Gasteiger partial charge in [-0.25, -0.2) is 9.37 Å². The SMILES string of the molecule is CO[C@H]1C[C@]2(C1)C(=O)N(C)c1cnc3cc(F)c(-c4cnc(OCCNC(C)C)c(NS(=O)(=O)N(C)C)c4)cc3c12. The maximum atomic E-state index is 15.6. The number of halogens is 1. The Morgan fingerprint density at radius 2 is 1.93 bits per heavy atom. The molecular weight excluding hydrogens is 551 g/mol. The smallest absolute Gasteiger partial charge is 0.301 e. The molecule has 5 rings (SSSR count). The minimum Gasteiger partial charge on any atom is -0.475 e. The van der Waals surface area contributed by atoms with Crippen LogP contribution in [0.1, 0.15) is 32.3 Å². The molecule has 1 spiro atoms. The molecule has 2 aromatic heterocycles. The van der Waals surface area contributed by atoms with Gasteiger partial charge in [0, 0.05) is 75.2 Å². The van der Waals surface area contributed by atoms with Crippen LogP contribution >= 0.6 is 0 Å². The van der Waals surface area contributed by atoms with Crippen LogP contribution in [0.5, 0.6) is 5.88 Å². The van der Waals surface area contributed by atoms with Gasteiger partial charge in [0.2, 0.25) is 11.8 Å². The number of methoxy groups -OCH3 is 1.